The lowest BCUT2D eigenvalue weighted by molar-refractivity contribution is -0.143. The molecule has 1 saturated heterocycles. The smallest absolute Gasteiger partial charge is 0.295 e. The van der Waals surface area contributed by atoms with E-state index >= 15 is 0 Å². The number of piperazine rings is 1. The highest BCUT2D eigenvalue weighted by Gasteiger charge is 2.48. The Hall–Kier alpha value is -2.66. The molecule has 0 atom stereocenters. The van der Waals surface area contributed by atoms with Crippen molar-refractivity contribution in [1.82, 2.24) is 24.2 Å². The Kier molecular flexibility index (Phi) is 8.30. The van der Waals surface area contributed by atoms with Gasteiger partial charge in [0.15, 0.2) is 5.78 Å². The predicted molar refractivity (Wildman–Crippen MR) is 127 cm³/mol. The number of hydrogen-bond acceptors (Lipinski definition) is 6. The van der Waals surface area contributed by atoms with Gasteiger partial charge < -0.3 is 0 Å². The fraction of sp³-hybridized carbons (Fsp3) is 0.625. The van der Waals surface area contributed by atoms with Gasteiger partial charge in [-0.25, -0.2) is 17.2 Å². The van der Waals surface area contributed by atoms with Crippen molar-refractivity contribution >= 4 is 15.8 Å². The zero-order valence-corrected chi connectivity index (χ0v) is 22.6. The Bertz CT molecular complexity index is 1370. The normalized spacial score (nSPS) is 20.7. The highest BCUT2D eigenvalue weighted by atomic mass is 32.2. The first-order chi connectivity index (χ1) is 18.8. The number of carbonyl (C=O) groups is 1. The lowest BCUT2D eigenvalue weighted by Gasteiger charge is -2.50. The van der Waals surface area contributed by atoms with Crippen LogP contribution in [0.15, 0.2) is 29.4 Å². The third kappa shape index (κ3) is 6.71. The third-order valence-corrected chi connectivity index (χ3v) is 9.54. The van der Waals surface area contributed by atoms with E-state index in [4.69, 9.17) is 0 Å². The average molecular weight is 618 g/mol. The number of halogens is 8. The molecule has 0 radical (unpaired) electrons. The summed E-state index contributed by atoms with van der Waals surface area (Å²) in [5, 5.41) is 6.98. The third-order valence-electron chi connectivity index (χ3n) is 7.78. The molecule has 228 valence electrons. The van der Waals surface area contributed by atoms with Gasteiger partial charge >= 0.3 is 12.4 Å². The van der Waals surface area contributed by atoms with E-state index in [1.165, 1.54) is 22.2 Å². The quantitative estimate of drug-likeness (QED) is 0.329. The van der Waals surface area contributed by atoms with E-state index in [1.807, 2.05) is 0 Å². The van der Waals surface area contributed by atoms with Crippen LogP contribution in [0.4, 0.5) is 35.1 Å². The van der Waals surface area contributed by atoms with Crippen molar-refractivity contribution in [2.75, 3.05) is 26.2 Å². The van der Waals surface area contributed by atoms with Crippen LogP contribution in [0.5, 0.6) is 0 Å². The van der Waals surface area contributed by atoms with Gasteiger partial charge in [0, 0.05) is 63.6 Å². The Balaban J connectivity index is 1.53. The Morgan fingerprint density at radius 2 is 1.56 bits per heavy atom. The second-order valence-electron chi connectivity index (χ2n) is 10.4. The molecule has 2 heterocycles. The summed E-state index contributed by atoms with van der Waals surface area (Å²) in [5.41, 5.74) is -5.24. The number of nitrogens with zero attached hydrogens (tertiary/aromatic N) is 5. The molecule has 0 spiro atoms. The first-order valence-corrected chi connectivity index (χ1v) is 14.1. The first kappa shape index (κ1) is 31.3. The monoisotopic (exact) mass is 617 g/mol. The van der Waals surface area contributed by atoms with Crippen LogP contribution in [0.2, 0.25) is 0 Å². The minimum Gasteiger partial charge on any atom is -0.295 e. The van der Waals surface area contributed by atoms with Gasteiger partial charge in [0.2, 0.25) is 10.9 Å². The topological polar surface area (TPSA) is 88.4 Å². The van der Waals surface area contributed by atoms with Crippen molar-refractivity contribution in [2.45, 2.75) is 67.4 Å². The minimum absolute atomic E-state index is 0.0257. The molecule has 0 N–H and O–H groups in total. The number of hydrogen-bond donors (Lipinski definition) is 0. The fourth-order valence-corrected chi connectivity index (χ4v) is 6.80. The van der Waals surface area contributed by atoms with Crippen LogP contribution in [0.1, 0.15) is 60.0 Å². The standard InChI is InChI=1S/C24H27F8N5O3S/c1-35-15-20(33-34-35)41(39,40)37-12-10-36(11-13-37)21(6-8-22(25,26)9-7-21)5-4-19(38)17-3-2-16(23(27,28)29)14-18(17)24(30,31)32/h2-3,14-15H,4-13H2,1H3. The van der Waals surface area contributed by atoms with Gasteiger partial charge in [0.25, 0.3) is 10.0 Å². The van der Waals surface area contributed by atoms with Crippen LogP contribution in [0.25, 0.3) is 0 Å². The number of aryl methyl sites for hydroxylation is 1. The van der Waals surface area contributed by atoms with Crippen LogP contribution in [-0.2, 0) is 29.4 Å². The van der Waals surface area contributed by atoms with Crippen LogP contribution >= 0.6 is 0 Å². The Labute approximate surface area is 230 Å². The Morgan fingerprint density at radius 1 is 0.951 bits per heavy atom. The number of ketones is 1. The largest absolute Gasteiger partial charge is 0.417 e. The molecule has 1 aliphatic heterocycles. The molecule has 0 bridgehead atoms. The number of alkyl halides is 8. The number of carbonyl (C=O) groups excluding carboxylic acids is 1. The maximum Gasteiger partial charge on any atom is 0.417 e. The van der Waals surface area contributed by atoms with Gasteiger partial charge in [-0.05, 0) is 31.4 Å². The van der Waals surface area contributed by atoms with Gasteiger partial charge in [0.05, 0.1) is 17.3 Å². The van der Waals surface area contributed by atoms with Gasteiger partial charge in [-0.1, -0.05) is 11.3 Å². The molecule has 2 aromatic rings. The summed E-state index contributed by atoms with van der Waals surface area (Å²) in [6.07, 6.45) is -11.0. The van der Waals surface area contributed by atoms with E-state index in [0.29, 0.717) is 12.1 Å². The second-order valence-corrected chi connectivity index (χ2v) is 12.3. The molecule has 2 fully saturated rings. The molecular formula is C24H27F8N5O3S. The Morgan fingerprint density at radius 3 is 2.07 bits per heavy atom. The lowest BCUT2D eigenvalue weighted by Crippen LogP contribution is -2.59. The van der Waals surface area contributed by atoms with E-state index in [0.717, 1.165) is 0 Å². The molecule has 1 saturated carbocycles. The maximum atomic E-state index is 14.1. The summed E-state index contributed by atoms with van der Waals surface area (Å²) in [7, 11) is -2.48. The van der Waals surface area contributed by atoms with Crippen molar-refractivity contribution in [2.24, 2.45) is 7.05 Å². The van der Waals surface area contributed by atoms with E-state index in [9.17, 15) is 48.3 Å². The van der Waals surface area contributed by atoms with E-state index in [2.05, 4.69) is 10.3 Å². The van der Waals surface area contributed by atoms with Gasteiger partial charge in [-0.3, -0.25) is 14.4 Å². The SMILES string of the molecule is Cn1cc(S(=O)(=O)N2CCN(C3(CCC(=O)c4ccc(C(F)(F)F)cc4C(F)(F)F)CCC(F)(F)CC3)CC2)nn1. The molecule has 41 heavy (non-hydrogen) atoms. The molecule has 2 aliphatic rings. The summed E-state index contributed by atoms with van der Waals surface area (Å²) in [6.45, 7) is 0.158. The van der Waals surface area contributed by atoms with Crippen LogP contribution in [0.3, 0.4) is 0 Å². The molecular weight excluding hydrogens is 590 g/mol. The average Bonchev–Trinajstić information content (AvgIpc) is 3.34. The number of aromatic nitrogens is 3. The second kappa shape index (κ2) is 10.9. The zero-order chi connectivity index (χ0) is 30.4. The molecule has 4 rings (SSSR count). The lowest BCUT2D eigenvalue weighted by atomic mass is 9.74. The maximum absolute atomic E-state index is 14.1. The van der Waals surface area contributed by atoms with Gasteiger partial charge in [-0.2, -0.15) is 30.6 Å². The number of Topliss-reactive ketones (excluding diaryl/α,β-unsaturated/α-hetero) is 1. The summed E-state index contributed by atoms with van der Waals surface area (Å²) in [5.74, 6) is -4.03. The van der Waals surface area contributed by atoms with E-state index in [-0.39, 0.29) is 56.5 Å². The van der Waals surface area contributed by atoms with E-state index < -0.39 is 75.6 Å². The number of sulfonamides is 1. The van der Waals surface area contributed by atoms with E-state index in [1.54, 1.807) is 4.90 Å². The summed E-state index contributed by atoms with van der Waals surface area (Å²) in [4.78, 5) is 14.7. The van der Waals surface area contributed by atoms with Crippen molar-refractivity contribution in [1.29, 1.82) is 0 Å². The van der Waals surface area contributed by atoms with Crippen LogP contribution in [-0.4, -0.2) is 76.0 Å². The molecule has 1 aromatic carbocycles. The molecule has 0 amide bonds. The highest BCUT2D eigenvalue weighted by Crippen LogP contribution is 2.45. The van der Waals surface area contributed by atoms with Crippen LogP contribution in [0, 0.1) is 0 Å². The highest BCUT2D eigenvalue weighted by molar-refractivity contribution is 7.89. The molecule has 8 nitrogen and oxygen atoms in total. The van der Waals surface area contributed by atoms with Crippen molar-refractivity contribution in [3.63, 3.8) is 0 Å². The van der Waals surface area contributed by atoms with Crippen molar-refractivity contribution in [3.8, 4) is 0 Å². The number of rotatable bonds is 7. The minimum atomic E-state index is -5.23. The summed E-state index contributed by atoms with van der Waals surface area (Å²) >= 11 is 0. The molecule has 1 aliphatic carbocycles. The predicted octanol–water partition coefficient (Wildman–Crippen LogP) is 4.77. The molecule has 0 unspecified atom stereocenters. The fourth-order valence-electron chi connectivity index (χ4n) is 5.46. The van der Waals surface area contributed by atoms with Gasteiger partial charge in [0.1, 0.15) is 0 Å². The van der Waals surface area contributed by atoms with Crippen molar-refractivity contribution in [3.05, 3.63) is 41.1 Å². The van der Waals surface area contributed by atoms with Crippen molar-refractivity contribution < 1.29 is 48.3 Å². The first-order valence-electron chi connectivity index (χ1n) is 12.7. The summed E-state index contributed by atoms with van der Waals surface area (Å²) in [6, 6.07) is 0.781. The zero-order valence-electron chi connectivity index (χ0n) is 21.8. The number of benzene rings is 1. The molecule has 17 heteroatoms. The summed E-state index contributed by atoms with van der Waals surface area (Å²) < 4.78 is 136. The van der Waals surface area contributed by atoms with Gasteiger partial charge in [-0.15, -0.1) is 5.10 Å². The molecule has 1 aromatic heterocycles. The van der Waals surface area contributed by atoms with Crippen LogP contribution < -0.4 is 0 Å².